The predicted molar refractivity (Wildman–Crippen MR) is 93.5 cm³/mol. The molecule has 0 saturated heterocycles. The topological polar surface area (TPSA) is 102 Å². The summed E-state index contributed by atoms with van der Waals surface area (Å²) in [5.74, 6) is -0.826. The highest BCUT2D eigenvalue weighted by atomic mass is 16.4. The number of nitrogens with two attached hydrogens (primary N) is 1. The van der Waals surface area contributed by atoms with Crippen molar-refractivity contribution in [3.8, 4) is 22.5 Å². The van der Waals surface area contributed by atoms with Crippen molar-refractivity contribution in [1.82, 2.24) is 0 Å². The summed E-state index contributed by atoms with van der Waals surface area (Å²) in [7, 11) is 0. The lowest BCUT2D eigenvalue weighted by atomic mass is 9.91. The van der Waals surface area contributed by atoms with Crippen molar-refractivity contribution in [3.05, 3.63) is 77.0 Å². The van der Waals surface area contributed by atoms with E-state index < -0.39 is 5.97 Å². The third-order valence-electron chi connectivity index (χ3n) is 4.15. The van der Waals surface area contributed by atoms with Gasteiger partial charge in [-0.2, -0.15) is 5.36 Å². The first-order chi connectivity index (χ1) is 12.0. The summed E-state index contributed by atoms with van der Waals surface area (Å²) in [4.78, 5) is 11.6. The fourth-order valence-corrected chi connectivity index (χ4v) is 3.06. The third-order valence-corrected chi connectivity index (χ3v) is 4.15. The van der Waals surface area contributed by atoms with E-state index in [1.165, 1.54) is 18.2 Å². The number of hydrogen-bond acceptors (Lipinski definition) is 4. The lowest BCUT2D eigenvalue weighted by Crippen LogP contribution is -2.23. The van der Waals surface area contributed by atoms with Gasteiger partial charge in [0.2, 0.25) is 0 Å². The van der Waals surface area contributed by atoms with Gasteiger partial charge in [0, 0.05) is 33.8 Å². The van der Waals surface area contributed by atoms with Crippen molar-refractivity contribution in [2.45, 2.75) is 0 Å². The number of fused-ring (bicyclic) bond motifs is 2. The van der Waals surface area contributed by atoms with Crippen LogP contribution in [0.3, 0.4) is 0 Å². The molecule has 0 radical (unpaired) electrons. The quantitative estimate of drug-likeness (QED) is 0.451. The minimum Gasteiger partial charge on any atom is -0.804 e. The van der Waals surface area contributed by atoms with Crippen LogP contribution in [-0.2, 0) is 0 Å². The molecule has 0 unspecified atom stereocenters. The summed E-state index contributed by atoms with van der Waals surface area (Å²) in [5, 5.41) is 22.1. The van der Waals surface area contributed by atoms with E-state index in [2.05, 4.69) is 0 Å². The Hall–Kier alpha value is -3.60. The van der Waals surface area contributed by atoms with Crippen molar-refractivity contribution >= 4 is 22.6 Å². The van der Waals surface area contributed by atoms with Gasteiger partial charge in [0.05, 0.1) is 5.97 Å². The summed E-state index contributed by atoms with van der Waals surface area (Å²) in [6, 6.07) is 16.6. The average molecular weight is 328 g/mol. The Balaban J connectivity index is 2.22. The zero-order chi connectivity index (χ0) is 17.6. The fraction of sp³-hybridized carbons (Fsp3) is 0. The van der Waals surface area contributed by atoms with E-state index in [1.807, 2.05) is 0 Å². The van der Waals surface area contributed by atoms with Crippen molar-refractivity contribution in [2.75, 3.05) is 5.73 Å². The lowest BCUT2D eigenvalue weighted by molar-refractivity contribution is -0.254. The molecular formula is C20H12N2O3-2. The molecule has 122 valence electrons. The maximum absolute atomic E-state index is 11.6. The molecule has 1 aliphatic heterocycles. The molecule has 5 heteroatoms. The molecule has 1 heterocycles. The molecule has 0 atom stereocenters. The van der Waals surface area contributed by atoms with E-state index in [0.717, 1.165) is 5.39 Å². The van der Waals surface area contributed by atoms with Gasteiger partial charge in [0.25, 0.3) is 0 Å². The highest BCUT2D eigenvalue weighted by Crippen LogP contribution is 2.41. The number of benzene rings is 3. The Morgan fingerprint density at radius 1 is 1.00 bits per heavy atom. The number of nitrogen functional groups attached to an aromatic ring is 1. The van der Waals surface area contributed by atoms with Gasteiger partial charge >= 0.3 is 0 Å². The number of carbonyl (C=O) groups is 1. The molecule has 1 aliphatic carbocycles. The molecule has 0 bridgehead atoms. The van der Waals surface area contributed by atoms with Crippen LogP contribution in [0.15, 0.2) is 65.1 Å². The predicted octanol–water partition coefficient (Wildman–Crippen LogP) is 2.62. The zero-order valence-electron chi connectivity index (χ0n) is 13.0. The number of carbonyl (C=O) groups excluding carboxylic acids is 1. The first-order valence-corrected chi connectivity index (χ1v) is 7.63. The zero-order valence-corrected chi connectivity index (χ0v) is 13.0. The van der Waals surface area contributed by atoms with Crippen LogP contribution in [0.4, 0.5) is 5.69 Å². The summed E-state index contributed by atoms with van der Waals surface area (Å²) < 4.78 is 5.87. The highest BCUT2D eigenvalue weighted by Gasteiger charge is 2.18. The van der Waals surface area contributed by atoms with Gasteiger partial charge in [-0.1, -0.05) is 36.4 Å². The third kappa shape index (κ3) is 2.42. The van der Waals surface area contributed by atoms with Crippen LogP contribution in [0.1, 0.15) is 10.4 Å². The van der Waals surface area contributed by atoms with Gasteiger partial charge in [-0.15, -0.1) is 0 Å². The SMILES string of the molecule is [N-]=c1ccc2c(-c3ccccc3C(=O)[O-])c3ccc(N)cc3oc-2c1. The molecule has 0 saturated carbocycles. The van der Waals surface area contributed by atoms with Crippen LogP contribution >= 0.6 is 0 Å². The summed E-state index contributed by atoms with van der Waals surface area (Å²) in [6.45, 7) is 0. The normalized spacial score (nSPS) is 11.0. The van der Waals surface area contributed by atoms with Crippen LogP contribution in [0.25, 0.3) is 38.8 Å². The van der Waals surface area contributed by atoms with Crippen molar-refractivity contribution < 1.29 is 14.3 Å². The highest BCUT2D eigenvalue weighted by molar-refractivity contribution is 6.07. The van der Waals surface area contributed by atoms with E-state index in [4.69, 9.17) is 10.2 Å². The van der Waals surface area contributed by atoms with E-state index >= 15 is 0 Å². The summed E-state index contributed by atoms with van der Waals surface area (Å²) >= 11 is 0. The second-order valence-electron chi connectivity index (χ2n) is 5.75. The van der Waals surface area contributed by atoms with Crippen LogP contribution in [0.5, 0.6) is 0 Å². The smallest absolute Gasteiger partial charge is 0.137 e. The second-order valence-corrected chi connectivity index (χ2v) is 5.75. The molecule has 2 N–H and O–H groups in total. The fourth-order valence-electron chi connectivity index (χ4n) is 3.06. The van der Waals surface area contributed by atoms with Crippen LogP contribution in [0.2, 0.25) is 0 Å². The molecule has 2 aromatic rings. The van der Waals surface area contributed by atoms with Gasteiger partial charge in [0.15, 0.2) is 0 Å². The standard InChI is InChI=1S/C20H13N2O3/c21-11-5-7-15-17(9-11)25-18-10-12(22)6-8-16(18)19(15)13-3-1-2-4-14(13)20(23)24/h1-10H,21H2,(H,23,24)/q-1/p-1. The molecule has 0 amide bonds. The Morgan fingerprint density at radius 3 is 2.60 bits per heavy atom. The molecule has 2 aromatic carbocycles. The Labute approximate surface area is 142 Å². The lowest BCUT2D eigenvalue weighted by Gasteiger charge is -2.19. The van der Waals surface area contributed by atoms with Crippen LogP contribution in [0, 0.1) is 0 Å². The maximum atomic E-state index is 11.6. The average Bonchev–Trinajstić information content (AvgIpc) is 2.59. The van der Waals surface area contributed by atoms with Crippen LogP contribution < -0.4 is 16.2 Å². The number of hydrogen-bond donors (Lipinski definition) is 1. The first-order valence-electron chi connectivity index (χ1n) is 7.63. The minimum absolute atomic E-state index is 0.0543. The molecule has 25 heavy (non-hydrogen) atoms. The Kier molecular flexibility index (Phi) is 3.28. The van der Waals surface area contributed by atoms with Gasteiger partial charge in [-0.25, -0.2) is 0 Å². The van der Waals surface area contributed by atoms with Gasteiger partial charge < -0.3 is 25.5 Å². The number of aromatic carboxylic acids is 1. The molecule has 0 spiro atoms. The van der Waals surface area contributed by atoms with E-state index in [0.29, 0.717) is 33.7 Å². The maximum Gasteiger partial charge on any atom is 0.137 e. The molecule has 5 nitrogen and oxygen atoms in total. The van der Waals surface area contributed by atoms with E-state index in [9.17, 15) is 15.3 Å². The number of carboxylic acid groups (broad SMARTS) is 1. The van der Waals surface area contributed by atoms with Crippen molar-refractivity contribution in [1.29, 1.82) is 0 Å². The number of nitrogens with zero attached hydrogens (tertiary/aromatic N) is 1. The molecule has 0 aromatic heterocycles. The van der Waals surface area contributed by atoms with Crippen molar-refractivity contribution in [2.24, 2.45) is 0 Å². The molecular weight excluding hydrogens is 316 g/mol. The van der Waals surface area contributed by atoms with E-state index in [1.54, 1.807) is 42.5 Å². The molecule has 2 aliphatic rings. The molecule has 0 fully saturated rings. The Morgan fingerprint density at radius 2 is 1.80 bits per heavy atom. The van der Waals surface area contributed by atoms with Gasteiger partial charge in [-0.3, -0.25) is 0 Å². The largest absolute Gasteiger partial charge is 0.804 e. The minimum atomic E-state index is -1.26. The monoisotopic (exact) mass is 328 g/mol. The Bertz CT molecular complexity index is 1160. The van der Waals surface area contributed by atoms with Gasteiger partial charge in [0.1, 0.15) is 11.3 Å². The van der Waals surface area contributed by atoms with E-state index in [-0.39, 0.29) is 10.9 Å². The summed E-state index contributed by atoms with van der Waals surface area (Å²) in [6.07, 6.45) is 0. The first kappa shape index (κ1) is 15.0. The number of rotatable bonds is 2. The summed E-state index contributed by atoms with van der Waals surface area (Å²) in [5.41, 5.74) is 8.85. The molecule has 4 rings (SSSR count). The number of carboxylic acids is 1. The van der Waals surface area contributed by atoms with Crippen LogP contribution in [-0.4, -0.2) is 5.97 Å². The number of anilines is 1. The van der Waals surface area contributed by atoms with Gasteiger partial charge in [-0.05, 0) is 23.8 Å². The van der Waals surface area contributed by atoms with Crippen molar-refractivity contribution in [3.63, 3.8) is 0 Å². The second kappa shape index (κ2) is 5.49.